The molecule has 0 aliphatic carbocycles. The molecule has 0 saturated carbocycles. The third kappa shape index (κ3) is 34.6. The molecular formula is C42H81NO6. The minimum atomic E-state index is -0.129. The van der Waals surface area contributed by atoms with Crippen molar-refractivity contribution in [1.82, 2.24) is 4.90 Å². The van der Waals surface area contributed by atoms with Gasteiger partial charge < -0.3 is 19.1 Å². The van der Waals surface area contributed by atoms with Gasteiger partial charge in [0.15, 0.2) is 0 Å². The van der Waals surface area contributed by atoms with E-state index >= 15 is 0 Å². The van der Waals surface area contributed by atoms with Crippen molar-refractivity contribution >= 4 is 17.9 Å². The zero-order valence-electron chi connectivity index (χ0n) is 33.0. The van der Waals surface area contributed by atoms with Gasteiger partial charge in [0.05, 0.1) is 19.8 Å². The predicted octanol–water partition coefficient (Wildman–Crippen LogP) is 11.5. The molecular weight excluding hydrogens is 614 g/mol. The van der Waals surface area contributed by atoms with Crippen LogP contribution in [0.1, 0.15) is 207 Å². The fourth-order valence-corrected chi connectivity index (χ4v) is 6.39. The standard InChI is InChI=1S/C42H81NO6/c1-5-9-12-15-17-22-30-39(29-21-14-11-7-3)38-49-42(46)32-24-20-26-35-43(36-28-33-40(44)47-8-4)34-25-19-23-31-41(45)48-37-27-18-16-13-10-6-2/h39H,5-38H2,1-4H3. The van der Waals surface area contributed by atoms with Gasteiger partial charge in [-0.25, -0.2) is 0 Å². The maximum absolute atomic E-state index is 12.6. The van der Waals surface area contributed by atoms with Gasteiger partial charge >= 0.3 is 17.9 Å². The molecule has 0 radical (unpaired) electrons. The van der Waals surface area contributed by atoms with Crippen molar-refractivity contribution in [3.05, 3.63) is 0 Å². The number of esters is 3. The van der Waals surface area contributed by atoms with E-state index in [2.05, 4.69) is 25.7 Å². The fourth-order valence-electron chi connectivity index (χ4n) is 6.39. The lowest BCUT2D eigenvalue weighted by Crippen LogP contribution is -2.28. The van der Waals surface area contributed by atoms with E-state index in [1.807, 2.05) is 6.92 Å². The SMILES string of the molecule is CCCCCCCCOC(=O)CCCCCN(CCCCCC(=O)OCC(CCCCCC)CCCCCCCC)CCCC(=O)OCC. The van der Waals surface area contributed by atoms with E-state index < -0.39 is 0 Å². The quantitative estimate of drug-likeness (QED) is 0.0361. The van der Waals surface area contributed by atoms with E-state index in [1.54, 1.807) is 0 Å². The number of carbonyl (C=O) groups excluding carboxylic acids is 3. The Morgan fingerprint density at radius 2 is 0.837 bits per heavy atom. The second-order valence-corrected chi connectivity index (χ2v) is 14.3. The largest absolute Gasteiger partial charge is 0.466 e. The highest BCUT2D eigenvalue weighted by Crippen LogP contribution is 2.20. The second-order valence-electron chi connectivity index (χ2n) is 14.3. The van der Waals surface area contributed by atoms with Gasteiger partial charge in [-0.3, -0.25) is 14.4 Å². The molecule has 1 unspecified atom stereocenters. The molecule has 49 heavy (non-hydrogen) atoms. The minimum absolute atomic E-state index is 0.0432. The third-order valence-electron chi connectivity index (χ3n) is 9.54. The molecule has 0 aromatic carbocycles. The molecule has 7 heteroatoms. The van der Waals surface area contributed by atoms with Crippen LogP contribution in [0.3, 0.4) is 0 Å². The first kappa shape index (κ1) is 47.4. The highest BCUT2D eigenvalue weighted by molar-refractivity contribution is 5.69. The van der Waals surface area contributed by atoms with E-state index in [1.165, 1.54) is 103 Å². The van der Waals surface area contributed by atoms with Gasteiger partial charge in [0.2, 0.25) is 0 Å². The summed E-state index contributed by atoms with van der Waals surface area (Å²) in [7, 11) is 0. The van der Waals surface area contributed by atoms with Crippen LogP contribution in [0.2, 0.25) is 0 Å². The number of unbranched alkanes of at least 4 members (excludes halogenated alkanes) is 17. The molecule has 0 aromatic heterocycles. The fraction of sp³-hybridized carbons (Fsp3) is 0.929. The molecule has 0 aliphatic heterocycles. The molecule has 0 saturated heterocycles. The zero-order chi connectivity index (χ0) is 36.0. The normalized spacial score (nSPS) is 11.9. The number of rotatable bonds is 38. The Labute approximate surface area is 303 Å². The molecule has 0 amide bonds. The number of nitrogens with zero attached hydrogens (tertiary/aromatic N) is 1. The van der Waals surface area contributed by atoms with Crippen molar-refractivity contribution in [2.75, 3.05) is 39.5 Å². The summed E-state index contributed by atoms with van der Waals surface area (Å²) in [6.45, 7) is 12.9. The smallest absolute Gasteiger partial charge is 0.305 e. The molecule has 0 fully saturated rings. The molecule has 0 bridgehead atoms. The summed E-state index contributed by atoms with van der Waals surface area (Å²) in [6, 6.07) is 0. The van der Waals surface area contributed by atoms with Crippen LogP contribution in [0.4, 0.5) is 0 Å². The lowest BCUT2D eigenvalue weighted by Gasteiger charge is -2.22. The van der Waals surface area contributed by atoms with E-state index in [9.17, 15) is 14.4 Å². The average molecular weight is 696 g/mol. The summed E-state index contributed by atoms with van der Waals surface area (Å²) >= 11 is 0. The van der Waals surface area contributed by atoms with Crippen molar-refractivity contribution in [1.29, 1.82) is 0 Å². The van der Waals surface area contributed by atoms with Crippen LogP contribution in [-0.4, -0.2) is 62.3 Å². The number of ether oxygens (including phenoxy) is 3. The first-order chi connectivity index (χ1) is 24.0. The molecule has 0 spiro atoms. The first-order valence-electron chi connectivity index (χ1n) is 21.2. The topological polar surface area (TPSA) is 82.1 Å². The van der Waals surface area contributed by atoms with Crippen LogP contribution in [0.15, 0.2) is 0 Å². The van der Waals surface area contributed by atoms with Crippen LogP contribution in [-0.2, 0) is 28.6 Å². The molecule has 0 heterocycles. The minimum Gasteiger partial charge on any atom is -0.466 e. The molecule has 0 aromatic rings. The van der Waals surface area contributed by atoms with Crippen molar-refractivity contribution in [2.45, 2.75) is 207 Å². The number of carbonyl (C=O) groups is 3. The summed E-state index contributed by atoms with van der Waals surface area (Å²) in [5.41, 5.74) is 0. The summed E-state index contributed by atoms with van der Waals surface area (Å²) in [5.74, 6) is 0.262. The Morgan fingerprint density at radius 1 is 0.429 bits per heavy atom. The Hall–Kier alpha value is -1.63. The molecule has 290 valence electrons. The van der Waals surface area contributed by atoms with Crippen molar-refractivity contribution < 1.29 is 28.6 Å². The predicted molar refractivity (Wildman–Crippen MR) is 205 cm³/mol. The van der Waals surface area contributed by atoms with E-state index in [0.29, 0.717) is 45.0 Å². The molecule has 0 rings (SSSR count). The molecule has 0 N–H and O–H groups in total. The lowest BCUT2D eigenvalue weighted by atomic mass is 9.95. The monoisotopic (exact) mass is 696 g/mol. The summed E-state index contributed by atoms with van der Waals surface area (Å²) in [6.07, 6.45) is 30.4. The Morgan fingerprint density at radius 3 is 1.39 bits per heavy atom. The Bertz CT molecular complexity index is 745. The third-order valence-corrected chi connectivity index (χ3v) is 9.54. The van der Waals surface area contributed by atoms with Crippen molar-refractivity contribution in [3.63, 3.8) is 0 Å². The number of hydrogen-bond acceptors (Lipinski definition) is 7. The highest BCUT2D eigenvalue weighted by Gasteiger charge is 2.13. The van der Waals surface area contributed by atoms with Crippen LogP contribution in [0.25, 0.3) is 0 Å². The Kier molecular flexibility index (Phi) is 36.4. The van der Waals surface area contributed by atoms with Crippen molar-refractivity contribution in [2.24, 2.45) is 5.92 Å². The first-order valence-corrected chi connectivity index (χ1v) is 21.2. The highest BCUT2D eigenvalue weighted by atomic mass is 16.5. The number of hydrogen-bond donors (Lipinski definition) is 0. The van der Waals surface area contributed by atoms with Gasteiger partial charge in [-0.2, -0.15) is 0 Å². The van der Waals surface area contributed by atoms with Crippen LogP contribution in [0.5, 0.6) is 0 Å². The average Bonchev–Trinajstić information content (AvgIpc) is 3.09. The molecule has 1 atom stereocenters. The van der Waals surface area contributed by atoms with Crippen LogP contribution < -0.4 is 0 Å². The second kappa shape index (κ2) is 37.6. The van der Waals surface area contributed by atoms with E-state index in [4.69, 9.17) is 14.2 Å². The van der Waals surface area contributed by atoms with Gasteiger partial charge in [-0.05, 0) is 83.8 Å². The summed E-state index contributed by atoms with van der Waals surface area (Å²) in [4.78, 5) is 39.0. The molecule has 0 aliphatic rings. The van der Waals surface area contributed by atoms with Crippen LogP contribution >= 0.6 is 0 Å². The van der Waals surface area contributed by atoms with Crippen molar-refractivity contribution in [3.8, 4) is 0 Å². The van der Waals surface area contributed by atoms with Gasteiger partial charge in [-0.1, -0.05) is 130 Å². The zero-order valence-corrected chi connectivity index (χ0v) is 33.0. The van der Waals surface area contributed by atoms with Crippen LogP contribution in [0, 0.1) is 5.92 Å². The maximum Gasteiger partial charge on any atom is 0.305 e. The van der Waals surface area contributed by atoms with Gasteiger partial charge in [0, 0.05) is 19.3 Å². The van der Waals surface area contributed by atoms with Gasteiger partial charge in [0.1, 0.15) is 0 Å². The van der Waals surface area contributed by atoms with Gasteiger partial charge in [-0.15, -0.1) is 0 Å². The summed E-state index contributed by atoms with van der Waals surface area (Å²) < 4.78 is 16.3. The maximum atomic E-state index is 12.6. The molecule has 7 nitrogen and oxygen atoms in total. The summed E-state index contributed by atoms with van der Waals surface area (Å²) in [5, 5.41) is 0. The lowest BCUT2D eigenvalue weighted by molar-refractivity contribution is -0.145. The Balaban J connectivity index is 4.36. The van der Waals surface area contributed by atoms with Gasteiger partial charge in [0.25, 0.3) is 0 Å². The van der Waals surface area contributed by atoms with E-state index in [0.717, 1.165) is 77.4 Å². The van der Waals surface area contributed by atoms with E-state index in [-0.39, 0.29) is 17.9 Å².